The van der Waals surface area contributed by atoms with E-state index in [1.54, 1.807) is 0 Å². The Morgan fingerprint density at radius 2 is 1.53 bits per heavy atom. The Morgan fingerprint density at radius 1 is 0.868 bits per heavy atom. The van der Waals surface area contributed by atoms with Crippen molar-refractivity contribution in [3.8, 4) is 11.1 Å². The zero-order valence-electron chi connectivity index (χ0n) is 23.4. The summed E-state index contributed by atoms with van der Waals surface area (Å²) in [5.41, 5.74) is 5.61. The summed E-state index contributed by atoms with van der Waals surface area (Å²) in [5.74, 6) is 0.638. The number of fused-ring (bicyclic) bond motifs is 2. The van der Waals surface area contributed by atoms with Crippen LogP contribution in [-0.4, -0.2) is 9.52 Å². The van der Waals surface area contributed by atoms with E-state index in [1.165, 1.54) is 69.5 Å². The molecule has 0 saturated carbocycles. The number of hydrogen-bond donors (Lipinski definition) is 0. The van der Waals surface area contributed by atoms with Crippen LogP contribution in [0.5, 0.6) is 0 Å². The minimum absolute atomic E-state index is 0.638. The Labute approximate surface area is 252 Å². The molecule has 0 nitrogen and oxygen atoms in total. The summed E-state index contributed by atoms with van der Waals surface area (Å²) in [4.78, 5) is 0. The maximum atomic E-state index is 4.93. The third kappa shape index (κ3) is 10.3. The summed E-state index contributed by atoms with van der Waals surface area (Å²) in [6.07, 6.45) is 4.91. The molecule has 0 aliphatic heterocycles. The number of rotatable bonds is 6. The molecule has 0 saturated heterocycles. The molecule has 0 N–H and O–H groups in total. The number of halogens is 2. The molecule has 5 rings (SSSR count). The van der Waals surface area contributed by atoms with Gasteiger partial charge in [0.05, 0.1) is 0 Å². The van der Waals surface area contributed by atoms with Crippen LogP contribution < -0.4 is 0 Å². The van der Waals surface area contributed by atoms with Gasteiger partial charge in [-0.05, 0) is 29.9 Å². The van der Waals surface area contributed by atoms with Gasteiger partial charge < -0.3 is 0 Å². The fraction of sp³-hybridized carbons (Fsp3) is 0.294. The Morgan fingerprint density at radius 3 is 2.16 bits per heavy atom. The van der Waals surface area contributed by atoms with Crippen molar-refractivity contribution in [2.75, 3.05) is 0 Å². The van der Waals surface area contributed by atoms with Gasteiger partial charge in [-0.2, -0.15) is 23.6 Å². The topological polar surface area (TPSA) is 0 Å². The largest absolute Gasteiger partial charge is 0.168 e. The maximum Gasteiger partial charge on any atom is -0.0809 e. The Hall–Kier alpha value is -1.44. The average molecular weight is 639 g/mol. The van der Waals surface area contributed by atoms with Gasteiger partial charge in [-0.1, -0.05) is 88.7 Å². The van der Waals surface area contributed by atoms with Crippen molar-refractivity contribution in [1.82, 2.24) is 0 Å². The molecule has 198 valence electrons. The summed E-state index contributed by atoms with van der Waals surface area (Å²) in [6, 6.07) is 35.3. The van der Waals surface area contributed by atoms with Crippen molar-refractivity contribution in [3.63, 3.8) is 0 Å². The maximum absolute atomic E-state index is 4.93. The fourth-order valence-electron chi connectivity index (χ4n) is 4.37. The summed E-state index contributed by atoms with van der Waals surface area (Å²) < 4.78 is 0. The van der Waals surface area contributed by atoms with Gasteiger partial charge in [0.15, 0.2) is 0 Å². The minimum atomic E-state index is -0.826. The third-order valence-electron chi connectivity index (χ3n) is 6.58. The van der Waals surface area contributed by atoms with E-state index in [2.05, 4.69) is 131 Å². The monoisotopic (exact) mass is 636 g/mol. The third-order valence-corrected chi connectivity index (χ3v) is 6.58. The molecule has 5 aromatic carbocycles. The number of hydrogen-bond acceptors (Lipinski definition) is 0. The van der Waals surface area contributed by atoms with Gasteiger partial charge in [0.25, 0.3) is 0 Å². The Balaban J connectivity index is 0.000000276. The molecular formula is C34H40Cl2SiZr. The molecule has 0 amide bonds. The van der Waals surface area contributed by atoms with Gasteiger partial charge in [0, 0.05) is 9.52 Å². The van der Waals surface area contributed by atoms with Crippen LogP contribution in [0.25, 0.3) is 32.7 Å². The van der Waals surface area contributed by atoms with Gasteiger partial charge >= 0.3 is 37.9 Å². The van der Waals surface area contributed by atoms with Crippen molar-refractivity contribution >= 4 is 48.1 Å². The Bertz CT molecular complexity index is 1270. The van der Waals surface area contributed by atoms with Gasteiger partial charge in [0.2, 0.25) is 0 Å². The summed E-state index contributed by atoms with van der Waals surface area (Å²) in [6.45, 7) is 11.1. The second-order valence-electron chi connectivity index (χ2n) is 9.43. The van der Waals surface area contributed by atoms with Crippen LogP contribution in [0.15, 0.2) is 97.1 Å². The first-order valence-corrected chi connectivity index (χ1v) is 21.8. The van der Waals surface area contributed by atoms with Gasteiger partial charge in [-0.25, -0.2) is 0 Å². The van der Waals surface area contributed by atoms with Crippen molar-refractivity contribution in [2.24, 2.45) is 0 Å². The Kier molecular flexibility index (Phi) is 16.2. The van der Waals surface area contributed by atoms with Crippen molar-refractivity contribution < 1.29 is 20.8 Å². The molecule has 0 aliphatic rings. The van der Waals surface area contributed by atoms with E-state index >= 15 is 0 Å². The van der Waals surface area contributed by atoms with E-state index in [1.807, 2.05) is 0 Å². The molecule has 2 radical (unpaired) electrons. The van der Waals surface area contributed by atoms with Crippen LogP contribution in [0.1, 0.15) is 57.1 Å². The SMILES string of the molecule is CCCCc1cc2c(-c3ccc(C(C)CC)cc3)cccc2[cH-]1.C[Si]C.[Cl][Zr+2][Cl].c1ccc2[cH-]ccc2c1. The molecule has 0 spiro atoms. The van der Waals surface area contributed by atoms with Crippen LogP contribution >= 0.6 is 17.0 Å². The van der Waals surface area contributed by atoms with Crippen LogP contribution in [0.3, 0.4) is 0 Å². The van der Waals surface area contributed by atoms with Crippen molar-refractivity contribution in [3.05, 3.63) is 108 Å². The molecule has 1 unspecified atom stereocenters. The standard InChI is InChI=1S/C23H27.C9H7.C2H6Si.2ClH.Zr/c1-4-6-8-18-15-21-9-7-10-22(23(21)16-18)20-13-11-19(12-14-20)17(3)5-2;1-2-5-9-7-3-6-8(9)4-1;1-3-2;;;/h7,9-17H,4-6,8H2,1-3H3;1-7H;1-2H3;2*1H;/q2*-1;;;;+4/p-2. The molecule has 0 aliphatic carbocycles. The number of benzene rings is 3. The smallest absolute Gasteiger partial charge is 0.0809 e. The molecule has 1 atom stereocenters. The number of unbranched alkanes of at least 4 members (excludes halogenated alkanes) is 1. The van der Waals surface area contributed by atoms with Crippen LogP contribution in [-0.2, 0) is 27.3 Å². The zero-order valence-corrected chi connectivity index (χ0v) is 28.4. The van der Waals surface area contributed by atoms with Gasteiger partial charge in [-0.3, -0.25) is 0 Å². The first kappa shape index (κ1) is 32.8. The van der Waals surface area contributed by atoms with Crippen molar-refractivity contribution in [2.45, 2.75) is 65.5 Å². The molecule has 0 bridgehead atoms. The average Bonchev–Trinajstić information content (AvgIpc) is 3.59. The fourth-order valence-corrected chi connectivity index (χ4v) is 4.37. The quantitative estimate of drug-likeness (QED) is 0.128. The van der Waals surface area contributed by atoms with Crippen LogP contribution in [0, 0.1) is 0 Å². The molecule has 0 fully saturated rings. The van der Waals surface area contributed by atoms with E-state index in [9.17, 15) is 0 Å². The second-order valence-corrected chi connectivity index (χ2v) is 14.2. The van der Waals surface area contributed by atoms with E-state index in [4.69, 9.17) is 17.0 Å². The summed E-state index contributed by atoms with van der Waals surface area (Å²) in [7, 11) is 11.0. The van der Waals surface area contributed by atoms with Crippen molar-refractivity contribution in [1.29, 1.82) is 0 Å². The predicted octanol–water partition coefficient (Wildman–Crippen LogP) is 11.8. The van der Waals surface area contributed by atoms with Crippen LogP contribution in [0.2, 0.25) is 13.1 Å². The summed E-state index contributed by atoms with van der Waals surface area (Å²) in [5, 5.41) is 5.43. The minimum Gasteiger partial charge on any atom is -0.168 e. The van der Waals surface area contributed by atoms with E-state index in [0.29, 0.717) is 5.92 Å². The van der Waals surface area contributed by atoms with E-state index < -0.39 is 20.8 Å². The van der Waals surface area contributed by atoms with Gasteiger partial charge in [-0.15, -0.1) is 64.2 Å². The summed E-state index contributed by atoms with van der Waals surface area (Å²) >= 11 is -0.826. The predicted molar refractivity (Wildman–Crippen MR) is 171 cm³/mol. The first-order valence-electron chi connectivity index (χ1n) is 13.5. The molecule has 0 aromatic heterocycles. The van der Waals surface area contributed by atoms with E-state index in [-0.39, 0.29) is 0 Å². The molecular weight excluding hydrogens is 599 g/mol. The normalized spacial score (nSPS) is 10.8. The van der Waals surface area contributed by atoms with E-state index in [0.717, 1.165) is 9.52 Å². The number of aryl methyl sites for hydroxylation is 1. The van der Waals surface area contributed by atoms with Gasteiger partial charge in [0.1, 0.15) is 0 Å². The zero-order chi connectivity index (χ0) is 27.8. The first-order chi connectivity index (χ1) is 18.5. The second kappa shape index (κ2) is 18.8. The molecule has 4 heteroatoms. The molecule has 5 aromatic rings. The van der Waals surface area contributed by atoms with Crippen LogP contribution in [0.4, 0.5) is 0 Å². The molecule has 38 heavy (non-hydrogen) atoms. The molecule has 0 heterocycles.